The molecule has 0 N–H and O–H groups in total. The van der Waals surface area contributed by atoms with Gasteiger partial charge in [0.15, 0.2) is 0 Å². The Kier molecular flexibility index (Phi) is 5.84. The highest BCUT2D eigenvalue weighted by Gasteiger charge is 2.21. The SMILES string of the molecule is CCO[C@@H]1CCCN(Cc2cc(C)nc(N3CCCCC3)n2)C1. The van der Waals surface area contributed by atoms with E-state index in [9.17, 15) is 0 Å². The van der Waals surface area contributed by atoms with Crippen LogP contribution in [-0.2, 0) is 11.3 Å². The number of nitrogens with zero attached hydrogens (tertiary/aromatic N) is 4. The minimum absolute atomic E-state index is 0.387. The maximum atomic E-state index is 5.81. The standard InChI is InChI=1S/C18H30N4O/c1-3-23-17-8-7-9-21(14-17)13-16-12-15(2)19-18(20-16)22-10-5-4-6-11-22/h12,17H,3-11,13-14H2,1-2H3/t17-/m1/s1. The molecule has 23 heavy (non-hydrogen) atoms. The molecule has 0 aliphatic carbocycles. The molecule has 2 aliphatic rings. The second kappa shape index (κ2) is 8.06. The van der Waals surface area contributed by atoms with Crippen LogP contribution in [0.4, 0.5) is 5.95 Å². The summed E-state index contributed by atoms with van der Waals surface area (Å²) in [5, 5.41) is 0. The number of likely N-dealkylation sites (tertiary alicyclic amines) is 1. The third-order valence-corrected chi connectivity index (χ3v) is 4.78. The highest BCUT2D eigenvalue weighted by Crippen LogP contribution is 2.19. The van der Waals surface area contributed by atoms with Gasteiger partial charge in [0.05, 0.1) is 11.8 Å². The fourth-order valence-corrected chi connectivity index (χ4v) is 3.69. The summed E-state index contributed by atoms with van der Waals surface area (Å²) in [6.45, 7) is 10.2. The number of piperidine rings is 2. The molecule has 5 nitrogen and oxygen atoms in total. The second-order valence-electron chi connectivity index (χ2n) is 6.80. The van der Waals surface area contributed by atoms with Crippen LogP contribution in [0.2, 0.25) is 0 Å². The zero-order valence-corrected chi connectivity index (χ0v) is 14.6. The lowest BCUT2D eigenvalue weighted by Crippen LogP contribution is -2.39. The third-order valence-electron chi connectivity index (χ3n) is 4.78. The summed E-state index contributed by atoms with van der Waals surface area (Å²) < 4.78 is 5.81. The van der Waals surface area contributed by atoms with Gasteiger partial charge in [-0.1, -0.05) is 0 Å². The predicted molar refractivity (Wildman–Crippen MR) is 92.8 cm³/mol. The van der Waals surface area contributed by atoms with Gasteiger partial charge in [0, 0.05) is 38.5 Å². The van der Waals surface area contributed by atoms with E-state index in [4.69, 9.17) is 9.72 Å². The number of rotatable bonds is 5. The smallest absolute Gasteiger partial charge is 0.225 e. The Labute approximate surface area is 140 Å². The zero-order chi connectivity index (χ0) is 16.1. The minimum atomic E-state index is 0.387. The molecule has 3 heterocycles. The van der Waals surface area contributed by atoms with Gasteiger partial charge in [-0.05, 0) is 58.6 Å². The Bertz CT molecular complexity index is 500. The summed E-state index contributed by atoms with van der Waals surface area (Å²) >= 11 is 0. The second-order valence-corrected chi connectivity index (χ2v) is 6.80. The molecule has 2 saturated heterocycles. The lowest BCUT2D eigenvalue weighted by Gasteiger charge is -2.32. The molecule has 0 radical (unpaired) electrons. The number of aryl methyl sites for hydroxylation is 1. The van der Waals surface area contributed by atoms with Crippen LogP contribution < -0.4 is 4.90 Å². The van der Waals surface area contributed by atoms with Gasteiger partial charge in [-0.2, -0.15) is 0 Å². The van der Waals surface area contributed by atoms with E-state index < -0.39 is 0 Å². The Morgan fingerprint density at radius 2 is 1.96 bits per heavy atom. The molecule has 1 aromatic rings. The van der Waals surface area contributed by atoms with Gasteiger partial charge in [0.2, 0.25) is 5.95 Å². The monoisotopic (exact) mass is 318 g/mol. The number of ether oxygens (including phenoxy) is 1. The van der Waals surface area contributed by atoms with E-state index in [0.29, 0.717) is 6.10 Å². The molecular weight excluding hydrogens is 288 g/mol. The predicted octanol–water partition coefficient (Wildman–Crippen LogP) is 2.78. The number of hydrogen-bond acceptors (Lipinski definition) is 5. The van der Waals surface area contributed by atoms with E-state index in [2.05, 4.69) is 34.7 Å². The summed E-state index contributed by atoms with van der Waals surface area (Å²) in [4.78, 5) is 14.3. The van der Waals surface area contributed by atoms with Crippen molar-refractivity contribution in [2.45, 2.75) is 58.6 Å². The van der Waals surface area contributed by atoms with Gasteiger partial charge in [-0.3, -0.25) is 4.90 Å². The molecule has 2 aliphatic heterocycles. The lowest BCUT2D eigenvalue weighted by atomic mass is 10.1. The molecule has 0 aromatic carbocycles. The fourth-order valence-electron chi connectivity index (χ4n) is 3.69. The van der Waals surface area contributed by atoms with Crippen LogP contribution in [0.15, 0.2) is 6.07 Å². The normalized spacial score (nSPS) is 23.2. The maximum absolute atomic E-state index is 5.81. The summed E-state index contributed by atoms with van der Waals surface area (Å²) in [5.74, 6) is 0.929. The molecule has 0 bridgehead atoms. The van der Waals surface area contributed by atoms with E-state index in [1.165, 1.54) is 32.1 Å². The summed E-state index contributed by atoms with van der Waals surface area (Å²) in [6, 6.07) is 2.14. The Morgan fingerprint density at radius 1 is 1.13 bits per heavy atom. The zero-order valence-electron chi connectivity index (χ0n) is 14.6. The Balaban J connectivity index is 1.66. The number of anilines is 1. The number of hydrogen-bond donors (Lipinski definition) is 0. The van der Waals surface area contributed by atoms with E-state index in [-0.39, 0.29) is 0 Å². The largest absolute Gasteiger partial charge is 0.377 e. The van der Waals surface area contributed by atoms with Crippen LogP contribution in [0.25, 0.3) is 0 Å². The van der Waals surface area contributed by atoms with Crippen molar-refractivity contribution in [3.8, 4) is 0 Å². The van der Waals surface area contributed by atoms with Crippen LogP contribution in [0.5, 0.6) is 0 Å². The lowest BCUT2D eigenvalue weighted by molar-refractivity contribution is 0.00331. The summed E-state index contributed by atoms with van der Waals surface area (Å²) in [6.07, 6.45) is 6.64. The van der Waals surface area contributed by atoms with Gasteiger partial charge in [-0.25, -0.2) is 9.97 Å². The van der Waals surface area contributed by atoms with Crippen molar-refractivity contribution in [2.24, 2.45) is 0 Å². The molecule has 1 atom stereocenters. The molecular formula is C18H30N4O. The van der Waals surface area contributed by atoms with Crippen molar-refractivity contribution in [3.63, 3.8) is 0 Å². The molecule has 0 saturated carbocycles. The Hall–Kier alpha value is -1.20. The molecule has 128 valence electrons. The molecule has 3 rings (SSSR count). The van der Waals surface area contributed by atoms with Crippen molar-refractivity contribution in [2.75, 3.05) is 37.7 Å². The number of aromatic nitrogens is 2. The topological polar surface area (TPSA) is 41.5 Å². The molecule has 0 amide bonds. The third kappa shape index (κ3) is 4.64. The van der Waals surface area contributed by atoms with Crippen molar-refractivity contribution in [1.82, 2.24) is 14.9 Å². The average Bonchev–Trinajstić information content (AvgIpc) is 2.56. The van der Waals surface area contributed by atoms with Gasteiger partial charge in [0.1, 0.15) is 0 Å². The molecule has 5 heteroatoms. The quantitative estimate of drug-likeness (QED) is 0.835. The van der Waals surface area contributed by atoms with Gasteiger partial charge in [0.25, 0.3) is 0 Å². The maximum Gasteiger partial charge on any atom is 0.225 e. The van der Waals surface area contributed by atoms with Crippen molar-refractivity contribution in [1.29, 1.82) is 0 Å². The summed E-state index contributed by atoms with van der Waals surface area (Å²) in [7, 11) is 0. The molecule has 0 spiro atoms. The molecule has 0 unspecified atom stereocenters. The first-order valence-corrected chi connectivity index (χ1v) is 9.18. The molecule has 2 fully saturated rings. The van der Waals surface area contributed by atoms with Gasteiger partial charge < -0.3 is 9.64 Å². The van der Waals surface area contributed by atoms with Gasteiger partial charge in [-0.15, -0.1) is 0 Å². The van der Waals surface area contributed by atoms with E-state index in [1.807, 2.05) is 0 Å². The van der Waals surface area contributed by atoms with Crippen molar-refractivity contribution >= 4 is 5.95 Å². The van der Waals surface area contributed by atoms with Crippen LogP contribution in [0, 0.1) is 6.92 Å². The van der Waals surface area contributed by atoms with Crippen LogP contribution >= 0.6 is 0 Å². The highest BCUT2D eigenvalue weighted by atomic mass is 16.5. The first-order valence-electron chi connectivity index (χ1n) is 9.18. The minimum Gasteiger partial charge on any atom is -0.377 e. The van der Waals surface area contributed by atoms with Crippen molar-refractivity contribution in [3.05, 3.63) is 17.5 Å². The van der Waals surface area contributed by atoms with E-state index in [0.717, 1.165) is 56.7 Å². The van der Waals surface area contributed by atoms with E-state index >= 15 is 0 Å². The first-order chi connectivity index (χ1) is 11.2. The summed E-state index contributed by atoms with van der Waals surface area (Å²) in [5.41, 5.74) is 2.23. The van der Waals surface area contributed by atoms with Crippen LogP contribution in [0.3, 0.4) is 0 Å². The fraction of sp³-hybridized carbons (Fsp3) is 0.778. The van der Waals surface area contributed by atoms with Crippen LogP contribution in [-0.4, -0.2) is 53.8 Å². The first kappa shape index (κ1) is 16.7. The Morgan fingerprint density at radius 3 is 2.74 bits per heavy atom. The van der Waals surface area contributed by atoms with E-state index in [1.54, 1.807) is 0 Å². The van der Waals surface area contributed by atoms with Crippen LogP contribution in [0.1, 0.15) is 50.4 Å². The van der Waals surface area contributed by atoms with Gasteiger partial charge >= 0.3 is 0 Å². The average molecular weight is 318 g/mol. The molecule has 1 aromatic heterocycles. The van der Waals surface area contributed by atoms with Crippen molar-refractivity contribution < 1.29 is 4.74 Å². The highest BCUT2D eigenvalue weighted by molar-refractivity contribution is 5.32.